The zero-order valence-electron chi connectivity index (χ0n) is 10.0. The first-order chi connectivity index (χ1) is 7.20. The van der Waals surface area contributed by atoms with Crippen LogP contribution in [0.2, 0.25) is 0 Å². The number of nitrogens with zero attached hydrogens (tertiary/aromatic N) is 1. The molecule has 0 aliphatic carbocycles. The molecule has 2 unspecified atom stereocenters. The number of carbonyl (C=O) groups is 1. The van der Waals surface area contributed by atoms with Crippen LogP contribution in [0.5, 0.6) is 0 Å². The third kappa shape index (κ3) is 3.20. The second kappa shape index (κ2) is 6.11. The summed E-state index contributed by atoms with van der Waals surface area (Å²) < 4.78 is 0. The van der Waals surface area contributed by atoms with Crippen LogP contribution in [-0.2, 0) is 4.79 Å². The van der Waals surface area contributed by atoms with Crippen LogP contribution in [0.1, 0.15) is 52.4 Å². The van der Waals surface area contributed by atoms with Gasteiger partial charge in [-0.1, -0.05) is 33.1 Å². The summed E-state index contributed by atoms with van der Waals surface area (Å²) in [5, 5.41) is 0. The fourth-order valence-corrected chi connectivity index (χ4v) is 2.32. The molecule has 1 fully saturated rings. The largest absolute Gasteiger partial charge is 0.338 e. The highest BCUT2D eigenvalue weighted by Crippen LogP contribution is 2.20. The second-order valence-corrected chi connectivity index (χ2v) is 4.51. The Morgan fingerprint density at radius 2 is 2.13 bits per heavy atom. The molecule has 1 aliphatic rings. The van der Waals surface area contributed by atoms with E-state index in [1.54, 1.807) is 0 Å². The third-order valence-electron chi connectivity index (χ3n) is 3.23. The molecule has 0 spiro atoms. The molecule has 0 radical (unpaired) electrons. The van der Waals surface area contributed by atoms with Gasteiger partial charge < -0.3 is 10.6 Å². The Hall–Kier alpha value is -0.570. The van der Waals surface area contributed by atoms with Gasteiger partial charge in [-0.05, 0) is 19.3 Å². The summed E-state index contributed by atoms with van der Waals surface area (Å²) in [7, 11) is 0. The first kappa shape index (κ1) is 12.5. The summed E-state index contributed by atoms with van der Waals surface area (Å²) in [6, 6.07) is 0.210. The van der Waals surface area contributed by atoms with Gasteiger partial charge in [-0.15, -0.1) is 0 Å². The Morgan fingerprint density at radius 1 is 1.40 bits per heavy atom. The van der Waals surface area contributed by atoms with Crippen LogP contribution in [0.3, 0.4) is 0 Å². The van der Waals surface area contributed by atoms with Gasteiger partial charge in [-0.3, -0.25) is 4.79 Å². The highest BCUT2D eigenvalue weighted by molar-refractivity contribution is 5.83. The van der Waals surface area contributed by atoms with E-state index >= 15 is 0 Å². The van der Waals surface area contributed by atoms with Gasteiger partial charge >= 0.3 is 0 Å². The van der Waals surface area contributed by atoms with Crippen LogP contribution >= 0.6 is 0 Å². The van der Waals surface area contributed by atoms with Gasteiger partial charge in [0.25, 0.3) is 0 Å². The van der Waals surface area contributed by atoms with E-state index in [4.69, 9.17) is 5.73 Å². The van der Waals surface area contributed by atoms with E-state index in [0.717, 1.165) is 32.2 Å². The molecule has 1 saturated heterocycles. The maximum absolute atomic E-state index is 11.8. The Morgan fingerprint density at radius 3 is 2.60 bits per heavy atom. The monoisotopic (exact) mass is 212 g/mol. The molecule has 1 rings (SSSR count). The van der Waals surface area contributed by atoms with E-state index in [1.807, 2.05) is 4.90 Å². The lowest BCUT2D eigenvalue weighted by molar-refractivity contribution is -0.131. The smallest absolute Gasteiger partial charge is 0.239 e. The van der Waals surface area contributed by atoms with Gasteiger partial charge in [0.1, 0.15) is 0 Å². The van der Waals surface area contributed by atoms with Crippen LogP contribution in [-0.4, -0.2) is 29.4 Å². The van der Waals surface area contributed by atoms with Gasteiger partial charge in [0.15, 0.2) is 0 Å². The molecule has 1 aliphatic heterocycles. The Balaban J connectivity index is 2.51. The minimum Gasteiger partial charge on any atom is -0.338 e. The first-order valence-electron chi connectivity index (χ1n) is 6.26. The van der Waals surface area contributed by atoms with E-state index in [9.17, 15) is 4.79 Å². The topological polar surface area (TPSA) is 46.3 Å². The average Bonchev–Trinajstić information content (AvgIpc) is 2.55. The molecule has 0 saturated carbocycles. The fraction of sp³-hybridized carbons (Fsp3) is 0.917. The molecule has 1 amide bonds. The minimum absolute atomic E-state index is 0.171. The molecule has 0 aromatic rings. The van der Waals surface area contributed by atoms with Gasteiger partial charge in [0, 0.05) is 12.6 Å². The molecule has 1 heterocycles. The van der Waals surface area contributed by atoms with Crippen LogP contribution in [0.4, 0.5) is 0 Å². The Bertz CT molecular complexity index is 206. The zero-order valence-corrected chi connectivity index (χ0v) is 10.0. The van der Waals surface area contributed by atoms with Crippen LogP contribution in [0.25, 0.3) is 0 Å². The van der Waals surface area contributed by atoms with E-state index in [1.165, 1.54) is 12.8 Å². The van der Waals surface area contributed by atoms with Crippen LogP contribution < -0.4 is 5.73 Å². The van der Waals surface area contributed by atoms with E-state index in [0.29, 0.717) is 6.04 Å². The number of likely N-dealkylation sites (tertiary alicyclic amines) is 1. The maximum atomic E-state index is 11.8. The molecule has 15 heavy (non-hydrogen) atoms. The van der Waals surface area contributed by atoms with Crippen molar-refractivity contribution in [1.29, 1.82) is 0 Å². The quantitative estimate of drug-likeness (QED) is 0.731. The van der Waals surface area contributed by atoms with Crippen molar-refractivity contribution >= 4 is 5.91 Å². The van der Waals surface area contributed by atoms with Crippen molar-refractivity contribution in [3.8, 4) is 0 Å². The van der Waals surface area contributed by atoms with Crippen molar-refractivity contribution in [3.63, 3.8) is 0 Å². The van der Waals surface area contributed by atoms with Gasteiger partial charge in [0.05, 0.1) is 6.04 Å². The lowest BCUT2D eigenvalue weighted by atomic mass is 10.0. The van der Waals surface area contributed by atoms with Gasteiger partial charge in [-0.25, -0.2) is 0 Å². The fourth-order valence-electron chi connectivity index (χ4n) is 2.32. The summed E-state index contributed by atoms with van der Waals surface area (Å²) >= 11 is 0. The molecule has 2 N–H and O–H groups in total. The number of carbonyl (C=O) groups excluding carboxylic acids is 1. The highest BCUT2D eigenvalue weighted by Gasteiger charge is 2.32. The molecule has 2 atom stereocenters. The first-order valence-corrected chi connectivity index (χ1v) is 6.26. The molecule has 88 valence electrons. The standard InChI is InChI=1S/C12H24N2O/c1-3-5-7-10(6-4-2)14-9-8-11(13)12(14)15/h10-11H,3-9,13H2,1-2H3. The van der Waals surface area contributed by atoms with Crippen LogP contribution in [0, 0.1) is 0 Å². The van der Waals surface area contributed by atoms with Gasteiger partial charge in [-0.2, -0.15) is 0 Å². The number of hydrogen-bond donors (Lipinski definition) is 1. The Labute approximate surface area is 93.0 Å². The predicted molar refractivity (Wildman–Crippen MR) is 62.5 cm³/mol. The van der Waals surface area contributed by atoms with Crippen LogP contribution in [0.15, 0.2) is 0 Å². The molecule has 0 aromatic carbocycles. The molecular formula is C12H24N2O. The number of rotatable bonds is 6. The lowest BCUT2D eigenvalue weighted by Gasteiger charge is -2.27. The minimum atomic E-state index is -0.231. The number of hydrogen-bond acceptors (Lipinski definition) is 2. The molecular weight excluding hydrogens is 188 g/mol. The zero-order chi connectivity index (χ0) is 11.3. The maximum Gasteiger partial charge on any atom is 0.239 e. The van der Waals surface area contributed by atoms with Crippen molar-refractivity contribution in [2.45, 2.75) is 64.5 Å². The van der Waals surface area contributed by atoms with Gasteiger partial charge in [0.2, 0.25) is 5.91 Å². The molecule has 3 heteroatoms. The average molecular weight is 212 g/mol. The SMILES string of the molecule is CCCCC(CCC)N1CCC(N)C1=O. The Kier molecular flexibility index (Phi) is 5.09. The molecule has 3 nitrogen and oxygen atoms in total. The van der Waals surface area contributed by atoms with Crippen molar-refractivity contribution < 1.29 is 4.79 Å². The summed E-state index contributed by atoms with van der Waals surface area (Å²) in [6.07, 6.45) is 6.66. The number of amides is 1. The lowest BCUT2D eigenvalue weighted by Crippen LogP contribution is -2.40. The molecule has 0 bridgehead atoms. The summed E-state index contributed by atoms with van der Waals surface area (Å²) in [5.74, 6) is 0.171. The molecule has 0 aromatic heterocycles. The second-order valence-electron chi connectivity index (χ2n) is 4.51. The summed E-state index contributed by atoms with van der Waals surface area (Å²) in [4.78, 5) is 13.8. The number of unbranched alkanes of at least 4 members (excludes halogenated alkanes) is 1. The van der Waals surface area contributed by atoms with Crippen molar-refractivity contribution in [2.75, 3.05) is 6.54 Å². The van der Waals surface area contributed by atoms with E-state index < -0.39 is 0 Å². The summed E-state index contributed by atoms with van der Waals surface area (Å²) in [6.45, 7) is 5.24. The van der Waals surface area contributed by atoms with Crippen molar-refractivity contribution in [1.82, 2.24) is 4.90 Å². The van der Waals surface area contributed by atoms with Crippen molar-refractivity contribution in [3.05, 3.63) is 0 Å². The normalized spacial score (nSPS) is 23.5. The van der Waals surface area contributed by atoms with Crippen molar-refractivity contribution in [2.24, 2.45) is 5.73 Å². The highest BCUT2D eigenvalue weighted by atomic mass is 16.2. The third-order valence-corrected chi connectivity index (χ3v) is 3.23. The summed E-state index contributed by atoms with van der Waals surface area (Å²) in [5.41, 5.74) is 5.74. The predicted octanol–water partition coefficient (Wildman–Crippen LogP) is 1.90. The van der Waals surface area contributed by atoms with E-state index in [-0.39, 0.29) is 11.9 Å². The number of nitrogens with two attached hydrogens (primary N) is 1. The van der Waals surface area contributed by atoms with E-state index in [2.05, 4.69) is 13.8 Å².